The van der Waals surface area contributed by atoms with Crippen molar-refractivity contribution in [3.8, 4) is 5.75 Å². The Bertz CT molecular complexity index is 399. The zero-order valence-electron chi connectivity index (χ0n) is 8.85. The summed E-state index contributed by atoms with van der Waals surface area (Å²) in [6.07, 6.45) is -3.15. The summed E-state index contributed by atoms with van der Waals surface area (Å²) in [6, 6.07) is 2.84. The van der Waals surface area contributed by atoms with Crippen molar-refractivity contribution in [2.24, 2.45) is 0 Å². The van der Waals surface area contributed by atoms with E-state index in [2.05, 4.69) is 10.1 Å². The lowest BCUT2D eigenvalue weighted by atomic mass is 10.0. The molecule has 0 aromatic heterocycles. The average Bonchev–Trinajstić information content (AvgIpc) is 2.72. The second-order valence-electron chi connectivity index (χ2n) is 3.88. The molecule has 1 aliphatic heterocycles. The van der Waals surface area contributed by atoms with Gasteiger partial charge in [0.05, 0.1) is 0 Å². The van der Waals surface area contributed by atoms with Crippen molar-refractivity contribution in [1.82, 2.24) is 5.32 Å². The van der Waals surface area contributed by atoms with Crippen LogP contribution in [-0.4, -0.2) is 12.9 Å². The van der Waals surface area contributed by atoms with Crippen LogP contribution in [0.2, 0.25) is 0 Å². The maximum atomic E-state index is 13.5. The van der Waals surface area contributed by atoms with Crippen LogP contribution in [0.15, 0.2) is 18.2 Å². The Labute approximate surface area is 95.6 Å². The number of ether oxygens (including phenoxy) is 1. The molecule has 1 fully saturated rings. The summed E-state index contributed by atoms with van der Waals surface area (Å²) in [7, 11) is 0. The highest BCUT2D eigenvalue weighted by Gasteiger charge is 2.31. The SMILES string of the molecule is Fc1ccc(OC(F)(F)F)cc1[C@@H]1CCCN1. The number of rotatable bonds is 2. The molecule has 1 atom stereocenters. The second-order valence-corrected chi connectivity index (χ2v) is 3.88. The summed E-state index contributed by atoms with van der Waals surface area (Å²) in [5, 5.41) is 3.03. The summed E-state index contributed by atoms with van der Waals surface area (Å²) in [5.74, 6) is -0.901. The van der Waals surface area contributed by atoms with Gasteiger partial charge in [0.2, 0.25) is 0 Å². The van der Waals surface area contributed by atoms with Gasteiger partial charge in [-0.3, -0.25) is 0 Å². The van der Waals surface area contributed by atoms with Gasteiger partial charge in [0.1, 0.15) is 11.6 Å². The third kappa shape index (κ3) is 3.09. The van der Waals surface area contributed by atoms with Gasteiger partial charge in [-0.2, -0.15) is 0 Å². The Kier molecular flexibility index (Phi) is 3.24. The number of halogens is 4. The number of nitrogens with one attached hydrogen (secondary N) is 1. The molecule has 1 N–H and O–H groups in total. The quantitative estimate of drug-likeness (QED) is 0.813. The number of hydrogen-bond acceptors (Lipinski definition) is 2. The van der Waals surface area contributed by atoms with Crippen molar-refractivity contribution in [2.45, 2.75) is 25.2 Å². The fraction of sp³-hybridized carbons (Fsp3) is 0.455. The van der Waals surface area contributed by atoms with E-state index >= 15 is 0 Å². The molecule has 2 rings (SSSR count). The highest BCUT2D eigenvalue weighted by atomic mass is 19.4. The van der Waals surface area contributed by atoms with E-state index in [1.165, 1.54) is 0 Å². The molecule has 1 heterocycles. The third-order valence-electron chi connectivity index (χ3n) is 2.64. The molecule has 1 aliphatic rings. The molecule has 17 heavy (non-hydrogen) atoms. The summed E-state index contributed by atoms with van der Waals surface area (Å²) in [6.45, 7) is 0.745. The molecule has 2 nitrogen and oxygen atoms in total. The van der Waals surface area contributed by atoms with Gasteiger partial charge in [0.25, 0.3) is 0 Å². The first-order chi connectivity index (χ1) is 7.96. The van der Waals surface area contributed by atoms with Crippen LogP contribution in [-0.2, 0) is 0 Å². The van der Waals surface area contributed by atoms with Crippen LogP contribution in [0.4, 0.5) is 17.6 Å². The molecule has 0 radical (unpaired) electrons. The zero-order chi connectivity index (χ0) is 12.5. The van der Waals surface area contributed by atoms with E-state index in [1.807, 2.05) is 0 Å². The molecular formula is C11H11F4NO. The standard InChI is InChI=1S/C11H11F4NO/c12-9-4-3-7(17-11(13,14)15)6-8(9)10-2-1-5-16-10/h3-4,6,10,16H,1-2,5H2/t10-/m0/s1. The molecule has 6 heteroatoms. The molecule has 0 bridgehead atoms. The Balaban J connectivity index is 2.22. The highest BCUT2D eigenvalue weighted by molar-refractivity contribution is 5.32. The summed E-state index contributed by atoms with van der Waals surface area (Å²) >= 11 is 0. The van der Waals surface area contributed by atoms with E-state index in [1.54, 1.807) is 0 Å². The molecule has 0 aliphatic carbocycles. The second kappa shape index (κ2) is 4.52. The minimum atomic E-state index is -4.75. The molecule has 1 aromatic carbocycles. The highest BCUT2D eigenvalue weighted by Crippen LogP contribution is 2.30. The number of alkyl halides is 3. The van der Waals surface area contributed by atoms with Gasteiger partial charge in [-0.1, -0.05) is 0 Å². The summed E-state index contributed by atoms with van der Waals surface area (Å²) in [4.78, 5) is 0. The van der Waals surface area contributed by atoms with Crippen LogP contribution in [0.1, 0.15) is 24.4 Å². The average molecular weight is 249 g/mol. The minimum absolute atomic E-state index is 0.226. The topological polar surface area (TPSA) is 21.3 Å². The van der Waals surface area contributed by atoms with Crippen molar-refractivity contribution in [3.63, 3.8) is 0 Å². The Morgan fingerprint density at radius 1 is 1.29 bits per heavy atom. The van der Waals surface area contributed by atoms with Gasteiger partial charge >= 0.3 is 6.36 Å². The molecule has 94 valence electrons. The molecule has 0 amide bonds. The third-order valence-corrected chi connectivity index (χ3v) is 2.64. The lowest BCUT2D eigenvalue weighted by molar-refractivity contribution is -0.274. The Morgan fingerprint density at radius 3 is 2.65 bits per heavy atom. The molecule has 1 aromatic rings. The van der Waals surface area contributed by atoms with Gasteiger partial charge in [-0.25, -0.2) is 4.39 Å². The van der Waals surface area contributed by atoms with E-state index in [0.29, 0.717) is 6.42 Å². The van der Waals surface area contributed by atoms with E-state index < -0.39 is 12.2 Å². The van der Waals surface area contributed by atoms with Gasteiger partial charge in [0, 0.05) is 11.6 Å². The predicted molar refractivity (Wildman–Crippen MR) is 53.1 cm³/mol. The first-order valence-corrected chi connectivity index (χ1v) is 5.24. The first-order valence-electron chi connectivity index (χ1n) is 5.24. The van der Waals surface area contributed by atoms with Crippen LogP contribution in [0.25, 0.3) is 0 Å². The fourth-order valence-corrected chi connectivity index (χ4v) is 1.94. The van der Waals surface area contributed by atoms with Crippen molar-refractivity contribution >= 4 is 0 Å². The lowest BCUT2D eigenvalue weighted by Gasteiger charge is -2.14. The van der Waals surface area contributed by atoms with Gasteiger partial charge in [0.15, 0.2) is 0 Å². The zero-order valence-corrected chi connectivity index (χ0v) is 8.85. The normalized spacial score (nSPS) is 20.6. The maximum Gasteiger partial charge on any atom is 0.573 e. The lowest BCUT2D eigenvalue weighted by Crippen LogP contribution is -2.18. The van der Waals surface area contributed by atoms with Crippen molar-refractivity contribution in [3.05, 3.63) is 29.6 Å². The van der Waals surface area contributed by atoms with E-state index in [9.17, 15) is 17.6 Å². The minimum Gasteiger partial charge on any atom is -0.406 e. The summed E-state index contributed by atoms with van der Waals surface area (Å²) < 4.78 is 53.3. The van der Waals surface area contributed by atoms with Crippen LogP contribution in [0.3, 0.4) is 0 Å². The predicted octanol–water partition coefficient (Wildman–Crippen LogP) is 3.15. The number of benzene rings is 1. The molecule has 0 unspecified atom stereocenters. The summed E-state index contributed by atoms with van der Waals surface area (Å²) in [5.41, 5.74) is 0.226. The molecule has 0 spiro atoms. The van der Waals surface area contributed by atoms with Crippen LogP contribution in [0.5, 0.6) is 5.75 Å². The van der Waals surface area contributed by atoms with E-state index in [-0.39, 0.29) is 17.4 Å². The maximum absolute atomic E-state index is 13.5. The van der Waals surface area contributed by atoms with Crippen molar-refractivity contribution in [1.29, 1.82) is 0 Å². The van der Waals surface area contributed by atoms with Crippen LogP contribution >= 0.6 is 0 Å². The van der Waals surface area contributed by atoms with E-state index in [4.69, 9.17) is 0 Å². The number of hydrogen-bond donors (Lipinski definition) is 1. The van der Waals surface area contributed by atoms with Gasteiger partial charge in [-0.15, -0.1) is 13.2 Å². The monoisotopic (exact) mass is 249 g/mol. The van der Waals surface area contributed by atoms with Crippen LogP contribution in [0, 0.1) is 5.82 Å². The van der Waals surface area contributed by atoms with Gasteiger partial charge in [-0.05, 0) is 37.6 Å². The van der Waals surface area contributed by atoms with Gasteiger partial charge < -0.3 is 10.1 Å². The van der Waals surface area contributed by atoms with E-state index in [0.717, 1.165) is 31.2 Å². The van der Waals surface area contributed by atoms with Crippen LogP contribution < -0.4 is 10.1 Å². The van der Waals surface area contributed by atoms with Crippen molar-refractivity contribution < 1.29 is 22.3 Å². The molecular weight excluding hydrogens is 238 g/mol. The largest absolute Gasteiger partial charge is 0.573 e. The first kappa shape index (κ1) is 12.2. The van der Waals surface area contributed by atoms with Crippen molar-refractivity contribution in [2.75, 3.05) is 6.54 Å². The fourth-order valence-electron chi connectivity index (χ4n) is 1.94. The molecule has 0 saturated carbocycles. The Morgan fingerprint density at radius 2 is 2.06 bits per heavy atom. The molecule has 1 saturated heterocycles. The Hall–Kier alpha value is -1.30. The smallest absolute Gasteiger partial charge is 0.406 e.